The molecule has 0 spiro atoms. The van der Waals surface area contributed by atoms with Gasteiger partial charge in [0, 0.05) is 13.1 Å². The molecule has 0 radical (unpaired) electrons. The number of nitrogens with zero attached hydrogens (tertiary/aromatic N) is 1. The minimum Gasteiger partial charge on any atom is -0.249 e. The smallest absolute Gasteiger partial charge is 0.106 e. The molecule has 0 aromatic carbocycles. The van der Waals surface area contributed by atoms with Gasteiger partial charge in [-0.25, -0.2) is 4.98 Å². The molecule has 2 rings (SSSR count). The summed E-state index contributed by atoms with van der Waals surface area (Å²) in [5, 5.41) is 0. The highest BCUT2D eigenvalue weighted by atomic mass is 79.9. The highest BCUT2D eigenvalue weighted by Crippen LogP contribution is 2.39. The van der Waals surface area contributed by atoms with Crippen LogP contribution in [0.15, 0.2) is 22.9 Å². The first-order valence-electron chi connectivity index (χ1n) is 5.37. The molecule has 1 aliphatic carbocycles. The number of pyridine rings is 1. The molecule has 52 valence electrons. The third-order valence-electron chi connectivity index (χ3n) is 1.27. The van der Waals surface area contributed by atoms with E-state index < -0.39 is 18.6 Å². The van der Waals surface area contributed by atoms with Gasteiger partial charge in [0.25, 0.3) is 0 Å². The molecule has 1 aromatic rings. The lowest BCUT2D eigenvalue weighted by Gasteiger charge is -1.94. The zero-order valence-electron chi connectivity index (χ0n) is 10.1. The lowest BCUT2D eigenvalue weighted by Crippen LogP contribution is -1.80. The first-order chi connectivity index (χ1) is 6.75. The quantitative estimate of drug-likeness (QED) is 0.639. The van der Waals surface area contributed by atoms with Crippen molar-refractivity contribution in [1.82, 2.24) is 4.98 Å². The summed E-state index contributed by atoms with van der Waals surface area (Å²) in [6.45, 7) is 0. The minimum absolute atomic E-state index is 0.265. The summed E-state index contributed by atoms with van der Waals surface area (Å²) in [6, 6.07) is 3.10. The van der Waals surface area contributed by atoms with E-state index in [-0.39, 0.29) is 5.56 Å². The van der Waals surface area contributed by atoms with Crippen molar-refractivity contribution >= 4 is 15.9 Å². The molecule has 1 aliphatic rings. The Morgan fingerprint density at radius 1 is 1.70 bits per heavy atom. The van der Waals surface area contributed by atoms with Crippen LogP contribution in [0.4, 0.5) is 0 Å². The summed E-state index contributed by atoms with van der Waals surface area (Å²) in [7, 11) is 0. The van der Waals surface area contributed by atoms with Crippen LogP contribution >= 0.6 is 15.9 Å². The molecule has 0 saturated heterocycles. The monoisotopic (exact) mass is 202 g/mol. The van der Waals surface area contributed by atoms with Gasteiger partial charge in [0.05, 0.1) is 0 Å². The Morgan fingerprint density at radius 3 is 3.00 bits per heavy atom. The van der Waals surface area contributed by atoms with E-state index in [1.807, 2.05) is 0 Å². The number of rotatable bonds is 1. The van der Waals surface area contributed by atoms with E-state index in [1.165, 1.54) is 12.3 Å². The molecular formula is C8H8BrN. The minimum atomic E-state index is -2.16. The zero-order chi connectivity index (χ0) is 11.5. The molecule has 1 saturated carbocycles. The Kier molecular flexibility index (Phi) is 0.689. The summed E-state index contributed by atoms with van der Waals surface area (Å²) in [4.78, 5) is 3.88. The normalized spacial score (nSPS) is 37.9. The highest BCUT2D eigenvalue weighted by Gasteiger charge is 2.23. The van der Waals surface area contributed by atoms with E-state index in [4.69, 9.17) is 6.85 Å². The highest BCUT2D eigenvalue weighted by molar-refractivity contribution is 9.10. The fourth-order valence-corrected chi connectivity index (χ4v) is 0.934. The van der Waals surface area contributed by atoms with Crippen LogP contribution < -0.4 is 0 Å². The van der Waals surface area contributed by atoms with E-state index in [0.717, 1.165) is 0 Å². The molecular weight excluding hydrogens is 190 g/mol. The largest absolute Gasteiger partial charge is 0.249 e. The second-order valence-electron chi connectivity index (χ2n) is 1.99. The van der Waals surface area contributed by atoms with E-state index in [9.17, 15) is 0 Å². The molecule has 0 bridgehead atoms. The van der Waals surface area contributed by atoms with Crippen LogP contribution in [0.5, 0.6) is 0 Å². The van der Waals surface area contributed by atoms with Crippen LogP contribution in [0.1, 0.15) is 31.1 Å². The van der Waals surface area contributed by atoms with Crippen molar-refractivity contribution in [3.63, 3.8) is 0 Å². The Morgan fingerprint density at radius 2 is 2.50 bits per heavy atom. The van der Waals surface area contributed by atoms with Crippen LogP contribution in [-0.4, -0.2) is 4.98 Å². The Balaban J connectivity index is 2.46. The van der Waals surface area contributed by atoms with E-state index in [1.54, 1.807) is 6.07 Å². The average Bonchev–Trinajstić information content (AvgIpc) is 2.46. The molecule has 10 heavy (non-hydrogen) atoms. The van der Waals surface area contributed by atoms with Gasteiger partial charge in [-0.1, -0.05) is 6.07 Å². The lowest BCUT2D eigenvalue weighted by atomic mass is 10.2. The van der Waals surface area contributed by atoms with Gasteiger partial charge >= 0.3 is 0 Å². The van der Waals surface area contributed by atoms with E-state index in [0.29, 0.717) is 4.60 Å². The van der Waals surface area contributed by atoms with Crippen molar-refractivity contribution in [2.45, 2.75) is 18.6 Å². The first-order valence-corrected chi connectivity index (χ1v) is 3.66. The van der Waals surface area contributed by atoms with Crippen LogP contribution in [0, 0.1) is 0 Å². The van der Waals surface area contributed by atoms with Gasteiger partial charge in [0.1, 0.15) is 4.60 Å². The van der Waals surface area contributed by atoms with Crippen molar-refractivity contribution < 1.29 is 6.85 Å². The molecule has 0 amide bonds. The number of hydrogen-bond donors (Lipinski definition) is 0. The number of hydrogen-bond acceptors (Lipinski definition) is 1. The molecule has 1 heterocycles. The van der Waals surface area contributed by atoms with Gasteiger partial charge in [-0.3, -0.25) is 0 Å². The standard InChI is InChI=1S/C8H8BrN/c9-8-4-3-7(5-10-8)6-1-2-6/h3-6H,1-2H2/i1D2,2D2,6D. The second-order valence-corrected chi connectivity index (χ2v) is 2.81. The van der Waals surface area contributed by atoms with Gasteiger partial charge < -0.3 is 0 Å². The molecule has 0 atom stereocenters. The van der Waals surface area contributed by atoms with Gasteiger partial charge in [0.15, 0.2) is 0 Å². The summed E-state index contributed by atoms with van der Waals surface area (Å²) in [6.07, 6.45) is -2.98. The Labute approximate surface area is 75.6 Å². The molecule has 1 aromatic heterocycles. The van der Waals surface area contributed by atoms with E-state index in [2.05, 4.69) is 20.9 Å². The SMILES string of the molecule is [2H]C1([2H])C([2H])([2H])C1([2H])c1ccc(Br)nc1. The van der Waals surface area contributed by atoms with Crippen LogP contribution in [0.25, 0.3) is 0 Å². The van der Waals surface area contributed by atoms with Crippen LogP contribution in [-0.2, 0) is 0 Å². The maximum Gasteiger partial charge on any atom is 0.106 e. The van der Waals surface area contributed by atoms with Crippen molar-refractivity contribution in [2.24, 2.45) is 0 Å². The summed E-state index contributed by atoms with van der Waals surface area (Å²) < 4.78 is 38.3. The predicted molar refractivity (Wildman–Crippen MR) is 43.9 cm³/mol. The fourth-order valence-electron chi connectivity index (χ4n) is 0.699. The zero-order valence-corrected chi connectivity index (χ0v) is 6.64. The third kappa shape index (κ3) is 1.21. The molecule has 1 fully saturated rings. The average molecular weight is 203 g/mol. The lowest BCUT2D eigenvalue weighted by molar-refractivity contribution is 1.08. The summed E-state index contributed by atoms with van der Waals surface area (Å²) in [5.41, 5.74) is 0.265. The Hall–Kier alpha value is -0.370. The summed E-state index contributed by atoms with van der Waals surface area (Å²) in [5.74, 6) is -1.84. The van der Waals surface area contributed by atoms with Gasteiger partial charge in [-0.2, -0.15) is 0 Å². The Bertz CT molecular complexity index is 388. The molecule has 0 aliphatic heterocycles. The molecule has 1 nitrogen and oxygen atoms in total. The second kappa shape index (κ2) is 2.35. The van der Waals surface area contributed by atoms with Crippen molar-refractivity contribution in [2.75, 3.05) is 0 Å². The molecule has 2 heteroatoms. The van der Waals surface area contributed by atoms with Crippen LogP contribution in [0.2, 0.25) is 0 Å². The fraction of sp³-hybridized carbons (Fsp3) is 0.375. The van der Waals surface area contributed by atoms with Gasteiger partial charge in [-0.05, 0) is 46.2 Å². The number of halogens is 1. The van der Waals surface area contributed by atoms with Crippen molar-refractivity contribution in [1.29, 1.82) is 0 Å². The maximum atomic E-state index is 7.85. The first kappa shape index (κ1) is 2.94. The van der Waals surface area contributed by atoms with Crippen molar-refractivity contribution in [3.8, 4) is 0 Å². The maximum absolute atomic E-state index is 7.85. The molecule has 0 N–H and O–H groups in total. The molecule has 0 unspecified atom stereocenters. The van der Waals surface area contributed by atoms with Crippen molar-refractivity contribution in [3.05, 3.63) is 28.5 Å². The van der Waals surface area contributed by atoms with Crippen LogP contribution in [0.3, 0.4) is 0 Å². The van der Waals surface area contributed by atoms with E-state index >= 15 is 0 Å². The van der Waals surface area contributed by atoms with Gasteiger partial charge in [-0.15, -0.1) is 0 Å². The predicted octanol–water partition coefficient (Wildman–Crippen LogP) is 2.72. The number of aromatic nitrogens is 1. The third-order valence-corrected chi connectivity index (χ3v) is 1.74. The van der Waals surface area contributed by atoms with Gasteiger partial charge in [0.2, 0.25) is 0 Å². The summed E-state index contributed by atoms with van der Waals surface area (Å²) >= 11 is 3.13. The topological polar surface area (TPSA) is 12.9 Å².